The number of halogens is 2. The van der Waals surface area contributed by atoms with E-state index in [1.165, 1.54) is 16.7 Å². The molecule has 0 atom stereocenters. The molecule has 102 valence electrons. The molecular formula is C16H18F2O. The standard InChI is InChI=1S/C16H18F2O/c17-16(18)9-14(10-16)13-3-1-11(2-4-13)12-5-7-15(19)8-6-12/h1,3,5,7,14,19H,2,4,6,8-10H2. The molecule has 1 saturated carbocycles. The number of aliphatic hydroxyl groups excluding tert-OH is 1. The molecule has 0 bridgehead atoms. The molecule has 0 saturated heterocycles. The lowest BCUT2D eigenvalue weighted by Crippen LogP contribution is -2.36. The molecule has 0 unspecified atom stereocenters. The van der Waals surface area contributed by atoms with Gasteiger partial charge in [-0.1, -0.05) is 23.8 Å². The van der Waals surface area contributed by atoms with E-state index in [1.54, 1.807) is 6.08 Å². The summed E-state index contributed by atoms with van der Waals surface area (Å²) in [6.07, 6.45) is 11.3. The third-order valence-electron chi connectivity index (χ3n) is 4.34. The van der Waals surface area contributed by atoms with Crippen molar-refractivity contribution in [3.05, 3.63) is 46.8 Å². The molecule has 0 radical (unpaired) electrons. The second-order valence-electron chi connectivity index (χ2n) is 5.74. The van der Waals surface area contributed by atoms with Crippen LogP contribution in [0.5, 0.6) is 0 Å². The van der Waals surface area contributed by atoms with E-state index in [9.17, 15) is 13.9 Å². The molecule has 3 aliphatic carbocycles. The lowest BCUT2D eigenvalue weighted by atomic mass is 9.73. The maximum absolute atomic E-state index is 12.9. The van der Waals surface area contributed by atoms with Crippen molar-refractivity contribution in [2.24, 2.45) is 5.92 Å². The average molecular weight is 264 g/mol. The van der Waals surface area contributed by atoms with Gasteiger partial charge in [-0.05, 0) is 42.4 Å². The zero-order valence-electron chi connectivity index (χ0n) is 10.8. The zero-order chi connectivity index (χ0) is 13.5. The second kappa shape index (κ2) is 4.62. The van der Waals surface area contributed by atoms with Crippen molar-refractivity contribution in [2.75, 3.05) is 0 Å². The molecule has 3 heteroatoms. The molecule has 3 aliphatic rings. The molecule has 1 nitrogen and oxygen atoms in total. The predicted molar refractivity (Wildman–Crippen MR) is 71.1 cm³/mol. The normalized spacial score (nSPS) is 26.8. The van der Waals surface area contributed by atoms with Crippen molar-refractivity contribution in [1.82, 2.24) is 0 Å². The highest BCUT2D eigenvalue weighted by Crippen LogP contribution is 2.48. The first kappa shape index (κ1) is 12.6. The van der Waals surface area contributed by atoms with E-state index >= 15 is 0 Å². The van der Waals surface area contributed by atoms with Crippen LogP contribution in [0.4, 0.5) is 8.78 Å². The molecular weight excluding hydrogens is 246 g/mol. The number of allylic oxidation sites excluding steroid dienone is 8. The minimum absolute atomic E-state index is 0.0291. The van der Waals surface area contributed by atoms with Crippen molar-refractivity contribution in [2.45, 2.75) is 44.4 Å². The van der Waals surface area contributed by atoms with Crippen LogP contribution < -0.4 is 0 Å². The highest BCUT2D eigenvalue weighted by Gasteiger charge is 2.46. The van der Waals surface area contributed by atoms with Gasteiger partial charge in [-0.3, -0.25) is 0 Å². The highest BCUT2D eigenvalue weighted by atomic mass is 19.3. The highest BCUT2D eigenvalue weighted by molar-refractivity contribution is 5.42. The third kappa shape index (κ3) is 2.65. The topological polar surface area (TPSA) is 20.2 Å². The van der Waals surface area contributed by atoms with Gasteiger partial charge < -0.3 is 5.11 Å². The average Bonchev–Trinajstić information content (AvgIpc) is 2.37. The fraction of sp³-hybridized carbons (Fsp3) is 0.500. The molecule has 19 heavy (non-hydrogen) atoms. The molecule has 0 spiro atoms. The lowest BCUT2D eigenvalue weighted by molar-refractivity contribution is -0.1000. The Hall–Kier alpha value is -1.38. The van der Waals surface area contributed by atoms with Gasteiger partial charge in [0.15, 0.2) is 0 Å². The van der Waals surface area contributed by atoms with Gasteiger partial charge in [-0.25, -0.2) is 8.78 Å². The summed E-state index contributed by atoms with van der Waals surface area (Å²) in [5, 5.41) is 9.34. The van der Waals surface area contributed by atoms with E-state index in [1.807, 2.05) is 12.2 Å². The summed E-state index contributed by atoms with van der Waals surface area (Å²) < 4.78 is 25.7. The maximum atomic E-state index is 12.9. The molecule has 0 aromatic carbocycles. The van der Waals surface area contributed by atoms with Gasteiger partial charge in [-0.15, -0.1) is 0 Å². The monoisotopic (exact) mass is 264 g/mol. The Morgan fingerprint density at radius 1 is 0.895 bits per heavy atom. The summed E-state index contributed by atoms with van der Waals surface area (Å²) in [7, 11) is 0. The molecule has 1 fully saturated rings. The summed E-state index contributed by atoms with van der Waals surface area (Å²) in [5.41, 5.74) is 3.75. The van der Waals surface area contributed by atoms with Crippen LogP contribution in [0.25, 0.3) is 0 Å². The fourth-order valence-electron chi connectivity index (χ4n) is 3.08. The van der Waals surface area contributed by atoms with E-state index < -0.39 is 5.92 Å². The van der Waals surface area contributed by atoms with E-state index in [4.69, 9.17) is 0 Å². The van der Waals surface area contributed by atoms with Crippen LogP contribution >= 0.6 is 0 Å². The van der Waals surface area contributed by atoms with E-state index in [0.717, 1.165) is 19.3 Å². The van der Waals surface area contributed by atoms with E-state index in [-0.39, 0.29) is 18.8 Å². The van der Waals surface area contributed by atoms with Gasteiger partial charge >= 0.3 is 0 Å². The van der Waals surface area contributed by atoms with Crippen LogP contribution in [0.1, 0.15) is 38.5 Å². The van der Waals surface area contributed by atoms with Crippen molar-refractivity contribution in [3.63, 3.8) is 0 Å². The first-order valence-corrected chi connectivity index (χ1v) is 6.90. The van der Waals surface area contributed by atoms with Crippen LogP contribution in [0.2, 0.25) is 0 Å². The zero-order valence-corrected chi connectivity index (χ0v) is 10.8. The minimum atomic E-state index is -2.43. The second-order valence-corrected chi connectivity index (χ2v) is 5.74. The van der Waals surface area contributed by atoms with Crippen LogP contribution in [0.3, 0.4) is 0 Å². The SMILES string of the molecule is OC1=CC=C(C2=CC=C(C3CC(F)(F)C3)CC2)CC1. The van der Waals surface area contributed by atoms with Crippen LogP contribution in [0.15, 0.2) is 46.8 Å². The summed E-state index contributed by atoms with van der Waals surface area (Å²) in [4.78, 5) is 0. The Morgan fingerprint density at radius 3 is 2.00 bits per heavy atom. The summed E-state index contributed by atoms with van der Waals surface area (Å²) in [6.45, 7) is 0. The number of rotatable bonds is 2. The third-order valence-corrected chi connectivity index (χ3v) is 4.34. The Kier molecular flexibility index (Phi) is 3.08. The minimum Gasteiger partial charge on any atom is -0.512 e. The smallest absolute Gasteiger partial charge is 0.249 e. The molecule has 0 aromatic heterocycles. The lowest BCUT2D eigenvalue weighted by Gasteiger charge is -2.37. The fourth-order valence-corrected chi connectivity index (χ4v) is 3.08. The van der Waals surface area contributed by atoms with Gasteiger partial charge in [-0.2, -0.15) is 0 Å². The summed E-state index contributed by atoms with van der Waals surface area (Å²) >= 11 is 0. The predicted octanol–water partition coefficient (Wildman–Crippen LogP) is 4.84. The van der Waals surface area contributed by atoms with Crippen molar-refractivity contribution in [1.29, 1.82) is 0 Å². The Bertz CT molecular complexity index is 501. The largest absolute Gasteiger partial charge is 0.512 e. The van der Waals surface area contributed by atoms with Crippen LogP contribution in [-0.2, 0) is 0 Å². The summed E-state index contributed by atoms with van der Waals surface area (Å²) in [5.74, 6) is -1.89. The first-order chi connectivity index (χ1) is 9.03. The quantitative estimate of drug-likeness (QED) is 0.756. The first-order valence-electron chi connectivity index (χ1n) is 6.90. The Morgan fingerprint density at radius 2 is 1.53 bits per heavy atom. The van der Waals surface area contributed by atoms with Gasteiger partial charge in [0.2, 0.25) is 5.92 Å². The molecule has 1 N–H and O–H groups in total. The molecule has 0 heterocycles. The van der Waals surface area contributed by atoms with Gasteiger partial charge in [0.1, 0.15) is 0 Å². The van der Waals surface area contributed by atoms with Crippen LogP contribution in [-0.4, -0.2) is 11.0 Å². The Labute approximate surface area is 112 Å². The van der Waals surface area contributed by atoms with Crippen LogP contribution in [0, 0.1) is 5.92 Å². The molecule has 0 amide bonds. The summed E-state index contributed by atoms with van der Waals surface area (Å²) in [6, 6.07) is 0. The Balaban J connectivity index is 1.68. The van der Waals surface area contributed by atoms with Crippen molar-refractivity contribution < 1.29 is 13.9 Å². The van der Waals surface area contributed by atoms with E-state index in [0.29, 0.717) is 12.2 Å². The van der Waals surface area contributed by atoms with E-state index in [2.05, 4.69) is 6.08 Å². The van der Waals surface area contributed by atoms with Crippen molar-refractivity contribution in [3.8, 4) is 0 Å². The number of hydrogen-bond acceptors (Lipinski definition) is 1. The maximum Gasteiger partial charge on any atom is 0.249 e. The number of hydrogen-bond donors (Lipinski definition) is 1. The molecule has 0 aliphatic heterocycles. The van der Waals surface area contributed by atoms with Gasteiger partial charge in [0, 0.05) is 19.3 Å². The molecule has 0 aromatic rings. The molecule has 3 rings (SSSR count). The van der Waals surface area contributed by atoms with Gasteiger partial charge in [0.05, 0.1) is 5.76 Å². The van der Waals surface area contributed by atoms with Gasteiger partial charge in [0.25, 0.3) is 0 Å². The van der Waals surface area contributed by atoms with Crippen molar-refractivity contribution >= 4 is 0 Å². The number of aliphatic hydroxyl groups is 1. The number of alkyl halides is 2.